The molecule has 1 spiro atoms. The molecule has 0 radical (unpaired) electrons. The van der Waals surface area contributed by atoms with Gasteiger partial charge in [-0.3, -0.25) is 19.7 Å². The molecule has 1 unspecified atom stereocenters. The van der Waals surface area contributed by atoms with Gasteiger partial charge in [-0.25, -0.2) is 9.18 Å². The maximum Gasteiger partial charge on any atom is 0.322 e. The van der Waals surface area contributed by atoms with Gasteiger partial charge in [0.05, 0.1) is 12.7 Å². The van der Waals surface area contributed by atoms with Crippen molar-refractivity contribution in [2.75, 3.05) is 19.8 Å². The number of hydrogen-bond acceptors (Lipinski definition) is 4. The van der Waals surface area contributed by atoms with Crippen molar-refractivity contribution in [1.82, 2.24) is 25.3 Å². The van der Waals surface area contributed by atoms with E-state index < -0.39 is 18.2 Å². The zero-order valence-electron chi connectivity index (χ0n) is 11.6. The van der Waals surface area contributed by atoms with Gasteiger partial charge in [-0.2, -0.15) is 5.10 Å². The summed E-state index contributed by atoms with van der Waals surface area (Å²) in [4.78, 5) is 25.4. The number of aromatic nitrogens is 2. The van der Waals surface area contributed by atoms with E-state index in [1.54, 1.807) is 10.9 Å². The number of amides is 3. The van der Waals surface area contributed by atoms with E-state index in [0.29, 0.717) is 19.5 Å². The number of imide groups is 1. The Labute approximate surface area is 121 Å². The largest absolute Gasteiger partial charge is 0.322 e. The minimum atomic E-state index is -0.801. The Balaban J connectivity index is 1.66. The van der Waals surface area contributed by atoms with Gasteiger partial charge in [-0.15, -0.1) is 0 Å². The van der Waals surface area contributed by atoms with Crippen molar-refractivity contribution in [3.8, 4) is 0 Å². The first kappa shape index (κ1) is 14.0. The molecule has 3 amide bonds. The molecule has 114 valence electrons. The monoisotopic (exact) mass is 295 g/mol. The number of hydrogen-bond donors (Lipinski definition) is 2. The molecule has 1 atom stereocenters. The third-order valence-electron chi connectivity index (χ3n) is 3.99. The summed E-state index contributed by atoms with van der Waals surface area (Å²) in [5.41, 5.74) is 0.176. The number of carbonyl (C=O) groups excluding carboxylic acids is 2. The van der Waals surface area contributed by atoms with E-state index >= 15 is 0 Å². The van der Waals surface area contributed by atoms with Crippen molar-refractivity contribution in [1.29, 1.82) is 0 Å². The summed E-state index contributed by atoms with van der Waals surface area (Å²) in [6, 6.07) is -0.419. The molecule has 1 aromatic rings. The Kier molecular flexibility index (Phi) is 3.62. The summed E-state index contributed by atoms with van der Waals surface area (Å²) in [6.07, 6.45) is 5.02. The number of aryl methyl sites for hydroxylation is 1. The van der Waals surface area contributed by atoms with Gasteiger partial charge < -0.3 is 5.32 Å². The van der Waals surface area contributed by atoms with E-state index in [1.165, 1.54) is 0 Å². The predicted molar refractivity (Wildman–Crippen MR) is 72.1 cm³/mol. The van der Waals surface area contributed by atoms with Crippen LogP contribution in [0.4, 0.5) is 9.18 Å². The third kappa shape index (κ3) is 2.76. The lowest BCUT2D eigenvalue weighted by Crippen LogP contribution is -2.58. The molecule has 2 aliphatic heterocycles. The molecule has 2 aliphatic rings. The first-order valence-electron chi connectivity index (χ1n) is 7.04. The molecule has 2 N–H and O–H groups in total. The fraction of sp³-hybridized carbons (Fsp3) is 0.615. The number of likely N-dealkylation sites (tertiary alicyclic amines) is 1. The number of rotatable bonds is 4. The average molecular weight is 295 g/mol. The summed E-state index contributed by atoms with van der Waals surface area (Å²) in [5.74, 6) is -0.245. The molecule has 1 aromatic heterocycles. The smallest absolute Gasteiger partial charge is 0.322 e. The molecule has 2 saturated heterocycles. The molecule has 7 nitrogen and oxygen atoms in total. The molecule has 3 rings (SSSR count). The normalized spacial score (nSPS) is 26.1. The van der Waals surface area contributed by atoms with Crippen LogP contribution in [-0.2, 0) is 17.9 Å². The van der Waals surface area contributed by atoms with Crippen molar-refractivity contribution >= 4 is 11.9 Å². The number of urea groups is 1. The quantitative estimate of drug-likeness (QED) is 0.768. The van der Waals surface area contributed by atoms with E-state index in [4.69, 9.17) is 0 Å². The van der Waals surface area contributed by atoms with E-state index in [2.05, 4.69) is 20.6 Å². The lowest BCUT2D eigenvalue weighted by atomic mass is 9.89. The van der Waals surface area contributed by atoms with Crippen molar-refractivity contribution in [2.24, 2.45) is 0 Å². The van der Waals surface area contributed by atoms with Crippen LogP contribution in [0.3, 0.4) is 0 Å². The van der Waals surface area contributed by atoms with E-state index in [-0.39, 0.29) is 12.5 Å². The van der Waals surface area contributed by atoms with Gasteiger partial charge in [0, 0.05) is 24.8 Å². The molecular weight excluding hydrogens is 277 g/mol. The van der Waals surface area contributed by atoms with E-state index in [1.807, 2.05) is 6.20 Å². The molecule has 21 heavy (non-hydrogen) atoms. The molecule has 2 fully saturated rings. The molecule has 0 aliphatic carbocycles. The van der Waals surface area contributed by atoms with Gasteiger partial charge >= 0.3 is 6.03 Å². The Hall–Kier alpha value is -1.96. The van der Waals surface area contributed by atoms with E-state index in [0.717, 1.165) is 18.5 Å². The van der Waals surface area contributed by atoms with Crippen LogP contribution in [-0.4, -0.2) is 51.9 Å². The van der Waals surface area contributed by atoms with Gasteiger partial charge in [-0.05, 0) is 19.4 Å². The number of halogens is 1. The highest BCUT2D eigenvalue weighted by atomic mass is 19.1. The minimum Gasteiger partial charge on any atom is -0.322 e. The molecular formula is C13H18FN5O2. The number of nitrogens with zero attached hydrogens (tertiary/aromatic N) is 3. The minimum absolute atomic E-state index is 0.245. The summed E-state index contributed by atoms with van der Waals surface area (Å²) in [7, 11) is 0. The summed E-state index contributed by atoms with van der Waals surface area (Å²) < 4.78 is 13.8. The van der Waals surface area contributed by atoms with Crippen LogP contribution in [0.1, 0.15) is 18.4 Å². The maximum absolute atomic E-state index is 12.3. The van der Waals surface area contributed by atoms with E-state index in [9.17, 15) is 14.0 Å². The zero-order chi connectivity index (χ0) is 14.9. The lowest BCUT2D eigenvalue weighted by molar-refractivity contribution is -0.126. The summed E-state index contributed by atoms with van der Waals surface area (Å²) >= 11 is 0. The summed E-state index contributed by atoms with van der Waals surface area (Å²) in [5, 5.41) is 9.15. The van der Waals surface area contributed by atoms with Crippen LogP contribution in [0, 0.1) is 0 Å². The van der Waals surface area contributed by atoms with Crippen LogP contribution < -0.4 is 10.6 Å². The van der Waals surface area contributed by atoms with Gasteiger partial charge in [0.2, 0.25) is 0 Å². The maximum atomic E-state index is 12.3. The topological polar surface area (TPSA) is 79.3 Å². The van der Waals surface area contributed by atoms with Gasteiger partial charge in [-0.1, -0.05) is 0 Å². The van der Waals surface area contributed by atoms with Gasteiger partial charge in [0.25, 0.3) is 5.91 Å². The molecule has 0 bridgehead atoms. The van der Waals surface area contributed by atoms with Crippen LogP contribution in [0.15, 0.2) is 12.4 Å². The second kappa shape index (κ2) is 5.44. The third-order valence-corrected chi connectivity index (χ3v) is 3.99. The number of piperidine rings is 1. The Morgan fingerprint density at radius 3 is 3.00 bits per heavy atom. The highest BCUT2D eigenvalue weighted by molar-refractivity contribution is 6.07. The van der Waals surface area contributed by atoms with Crippen molar-refractivity contribution < 1.29 is 14.0 Å². The fourth-order valence-corrected chi connectivity index (χ4v) is 3.05. The Bertz CT molecular complexity index is 561. The Morgan fingerprint density at radius 2 is 2.29 bits per heavy atom. The highest BCUT2D eigenvalue weighted by Crippen LogP contribution is 2.25. The average Bonchev–Trinajstić information content (AvgIpc) is 2.96. The number of alkyl halides is 1. The number of carbonyl (C=O) groups is 2. The molecule has 3 heterocycles. The highest BCUT2D eigenvalue weighted by Gasteiger charge is 2.48. The molecule has 0 saturated carbocycles. The van der Waals surface area contributed by atoms with Crippen molar-refractivity contribution in [3.05, 3.63) is 18.0 Å². The zero-order valence-corrected chi connectivity index (χ0v) is 11.6. The Morgan fingerprint density at radius 1 is 1.43 bits per heavy atom. The van der Waals surface area contributed by atoms with Gasteiger partial charge in [0.15, 0.2) is 0 Å². The molecule has 0 aromatic carbocycles. The summed E-state index contributed by atoms with van der Waals surface area (Å²) in [6.45, 7) is 1.79. The van der Waals surface area contributed by atoms with Crippen LogP contribution in [0.5, 0.6) is 0 Å². The number of nitrogens with one attached hydrogen (secondary N) is 2. The molecule has 8 heteroatoms. The fourth-order valence-electron chi connectivity index (χ4n) is 3.05. The van der Waals surface area contributed by atoms with Crippen LogP contribution >= 0.6 is 0 Å². The van der Waals surface area contributed by atoms with Crippen molar-refractivity contribution in [3.63, 3.8) is 0 Å². The van der Waals surface area contributed by atoms with Crippen LogP contribution in [0.25, 0.3) is 0 Å². The first-order valence-corrected chi connectivity index (χ1v) is 7.04. The van der Waals surface area contributed by atoms with Crippen molar-refractivity contribution in [2.45, 2.75) is 31.5 Å². The second-order valence-electron chi connectivity index (χ2n) is 5.61. The second-order valence-corrected chi connectivity index (χ2v) is 5.61. The lowest BCUT2D eigenvalue weighted by Gasteiger charge is -2.37. The standard InChI is InChI=1S/C13H18FN5O2/c14-3-5-19-8-10(6-15-19)7-18-4-1-2-13(9-18)11(20)16-12(21)17-13/h6,8H,1-5,7,9H2,(H2,16,17,20,21). The predicted octanol–water partition coefficient (Wildman–Crippen LogP) is 0.0266. The SMILES string of the molecule is O=C1NC(=O)C2(CCCN(Cc3cnn(CCF)c3)C2)N1. The first-order chi connectivity index (χ1) is 10.1. The van der Waals surface area contributed by atoms with Gasteiger partial charge in [0.1, 0.15) is 12.2 Å². The van der Waals surface area contributed by atoms with Crippen LogP contribution in [0.2, 0.25) is 0 Å².